The molecule has 0 aromatic heterocycles. The number of hydrogen-bond acceptors (Lipinski definition) is 3. The molecule has 1 aliphatic rings. The number of rotatable bonds is 1. The van der Waals surface area contributed by atoms with E-state index in [9.17, 15) is 0 Å². The Labute approximate surface area is 73.0 Å². The van der Waals surface area contributed by atoms with E-state index in [2.05, 4.69) is 20.9 Å². The molecule has 1 aliphatic heterocycles. The third kappa shape index (κ3) is 2.67. The van der Waals surface area contributed by atoms with Crippen molar-refractivity contribution in [2.45, 2.75) is 19.3 Å². The Balaban J connectivity index is 2.28. The van der Waals surface area contributed by atoms with E-state index in [1.165, 1.54) is 19.3 Å². The molecule has 0 saturated carbocycles. The Hall–Kier alpha value is -0.810. The van der Waals surface area contributed by atoms with Gasteiger partial charge in [0, 0.05) is 20.1 Å². The predicted molar refractivity (Wildman–Crippen MR) is 49.2 cm³/mol. The summed E-state index contributed by atoms with van der Waals surface area (Å²) in [5.74, 6) is 5.85. The molecule has 0 radical (unpaired) electrons. The first-order valence-corrected chi connectivity index (χ1v) is 4.32. The van der Waals surface area contributed by atoms with Crippen molar-refractivity contribution in [3.63, 3.8) is 0 Å². The molecular formula is C7H17N5. The van der Waals surface area contributed by atoms with Gasteiger partial charge in [0.25, 0.3) is 0 Å². The third-order valence-electron chi connectivity index (χ3n) is 1.98. The molecule has 5 heteroatoms. The van der Waals surface area contributed by atoms with Gasteiger partial charge in [-0.25, -0.2) is 10.9 Å². The van der Waals surface area contributed by atoms with Gasteiger partial charge in [0.15, 0.2) is 0 Å². The van der Waals surface area contributed by atoms with Crippen molar-refractivity contribution in [2.75, 3.05) is 20.1 Å². The molecule has 1 rings (SSSR count). The Morgan fingerprint density at radius 2 is 2.00 bits per heavy atom. The van der Waals surface area contributed by atoms with Gasteiger partial charge in [0.05, 0.1) is 0 Å². The van der Waals surface area contributed by atoms with Crippen LogP contribution in [0.15, 0.2) is 4.99 Å². The van der Waals surface area contributed by atoms with Gasteiger partial charge in [-0.2, -0.15) is 0 Å². The van der Waals surface area contributed by atoms with Crippen LogP contribution in [0.4, 0.5) is 0 Å². The second-order valence-electron chi connectivity index (χ2n) is 2.88. The fourth-order valence-corrected chi connectivity index (χ4v) is 1.30. The first-order chi connectivity index (χ1) is 5.86. The van der Waals surface area contributed by atoms with E-state index in [1.807, 2.05) is 0 Å². The average Bonchev–Trinajstić information content (AvgIpc) is 2.16. The van der Waals surface area contributed by atoms with Crippen LogP contribution in [-0.4, -0.2) is 31.1 Å². The topological polar surface area (TPSA) is 65.7 Å². The molecule has 0 unspecified atom stereocenters. The fraction of sp³-hybridized carbons (Fsp3) is 0.857. The van der Waals surface area contributed by atoms with Gasteiger partial charge in [0.2, 0.25) is 5.96 Å². The maximum Gasteiger partial charge on any atom is 0.220 e. The van der Waals surface area contributed by atoms with E-state index >= 15 is 0 Å². The first-order valence-electron chi connectivity index (χ1n) is 4.32. The molecular weight excluding hydrogens is 154 g/mol. The lowest BCUT2D eigenvalue weighted by Gasteiger charge is -2.27. The van der Waals surface area contributed by atoms with Crippen LogP contribution in [0.3, 0.4) is 0 Å². The summed E-state index contributed by atoms with van der Waals surface area (Å²) >= 11 is 0. The molecule has 0 aromatic rings. The third-order valence-corrected chi connectivity index (χ3v) is 1.98. The SMILES string of the molecule is CN=C(NN)NN1CCCCC1. The van der Waals surface area contributed by atoms with Gasteiger partial charge in [-0.1, -0.05) is 6.42 Å². The summed E-state index contributed by atoms with van der Waals surface area (Å²) in [5, 5.41) is 2.13. The van der Waals surface area contributed by atoms with Gasteiger partial charge < -0.3 is 0 Å². The van der Waals surface area contributed by atoms with Crippen molar-refractivity contribution in [1.29, 1.82) is 0 Å². The summed E-state index contributed by atoms with van der Waals surface area (Å²) in [7, 11) is 1.70. The van der Waals surface area contributed by atoms with Crippen LogP contribution >= 0.6 is 0 Å². The molecule has 0 aliphatic carbocycles. The van der Waals surface area contributed by atoms with Crippen molar-refractivity contribution < 1.29 is 0 Å². The average molecular weight is 171 g/mol. The maximum atomic E-state index is 5.23. The first kappa shape index (κ1) is 9.28. The highest BCUT2D eigenvalue weighted by molar-refractivity contribution is 5.78. The number of hydrogen-bond donors (Lipinski definition) is 3. The molecule has 0 spiro atoms. The summed E-state index contributed by atoms with van der Waals surface area (Å²) in [4.78, 5) is 3.93. The van der Waals surface area contributed by atoms with Crippen LogP contribution in [0.2, 0.25) is 0 Å². The number of hydrazine groups is 2. The number of nitrogens with zero attached hydrogens (tertiary/aromatic N) is 2. The van der Waals surface area contributed by atoms with E-state index in [1.54, 1.807) is 7.05 Å². The molecule has 0 aromatic carbocycles. The predicted octanol–water partition coefficient (Wildman–Crippen LogP) is -0.574. The van der Waals surface area contributed by atoms with Crippen LogP contribution in [0, 0.1) is 0 Å². The number of nitrogens with one attached hydrogen (secondary N) is 2. The van der Waals surface area contributed by atoms with Crippen LogP contribution in [-0.2, 0) is 0 Å². The van der Waals surface area contributed by atoms with Gasteiger partial charge in [-0.05, 0) is 12.8 Å². The van der Waals surface area contributed by atoms with E-state index in [0.717, 1.165) is 13.1 Å². The number of aliphatic imine (C=N–C) groups is 1. The van der Waals surface area contributed by atoms with E-state index in [-0.39, 0.29) is 0 Å². The number of guanidine groups is 1. The molecule has 12 heavy (non-hydrogen) atoms. The zero-order valence-corrected chi connectivity index (χ0v) is 7.51. The van der Waals surface area contributed by atoms with Gasteiger partial charge in [0.1, 0.15) is 0 Å². The number of piperidine rings is 1. The van der Waals surface area contributed by atoms with Crippen LogP contribution in [0.25, 0.3) is 0 Å². The molecule has 1 saturated heterocycles. The van der Waals surface area contributed by atoms with Crippen LogP contribution < -0.4 is 16.7 Å². The number of nitrogens with two attached hydrogens (primary N) is 1. The Morgan fingerprint density at radius 3 is 2.50 bits per heavy atom. The quantitative estimate of drug-likeness (QED) is 0.214. The highest BCUT2D eigenvalue weighted by atomic mass is 15.6. The molecule has 5 nitrogen and oxygen atoms in total. The Morgan fingerprint density at radius 1 is 1.33 bits per heavy atom. The largest absolute Gasteiger partial charge is 0.293 e. The highest BCUT2D eigenvalue weighted by Crippen LogP contribution is 2.05. The van der Waals surface area contributed by atoms with Crippen LogP contribution in [0.5, 0.6) is 0 Å². The van der Waals surface area contributed by atoms with Crippen molar-refractivity contribution in [3.05, 3.63) is 0 Å². The lowest BCUT2D eigenvalue weighted by Crippen LogP contribution is -2.51. The summed E-state index contributed by atoms with van der Waals surface area (Å²) in [6.07, 6.45) is 3.82. The summed E-state index contributed by atoms with van der Waals surface area (Å²) in [6.45, 7) is 2.14. The highest BCUT2D eigenvalue weighted by Gasteiger charge is 2.10. The second kappa shape index (κ2) is 4.95. The van der Waals surface area contributed by atoms with Gasteiger partial charge >= 0.3 is 0 Å². The molecule has 4 N–H and O–H groups in total. The molecule has 70 valence electrons. The van der Waals surface area contributed by atoms with E-state index in [0.29, 0.717) is 5.96 Å². The van der Waals surface area contributed by atoms with Gasteiger partial charge in [-0.3, -0.25) is 15.8 Å². The summed E-state index contributed by atoms with van der Waals surface area (Å²) < 4.78 is 0. The summed E-state index contributed by atoms with van der Waals surface area (Å²) in [5.41, 5.74) is 5.60. The standard InChI is InChI=1S/C7H17N5/c1-9-7(10-8)11-12-5-3-2-4-6-12/h2-6,8H2,1H3,(H2,9,10,11). The lowest BCUT2D eigenvalue weighted by atomic mass is 10.2. The van der Waals surface area contributed by atoms with Crippen LogP contribution in [0.1, 0.15) is 19.3 Å². The smallest absolute Gasteiger partial charge is 0.220 e. The van der Waals surface area contributed by atoms with Crippen molar-refractivity contribution in [2.24, 2.45) is 10.8 Å². The Kier molecular flexibility index (Phi) is 3.83. The summed E-state index contributed by atoms with van der Waals surface area (Å²) in [6, 6.07) is 0. The minimum atomic E-state index is 0.622. The van der Waals surface area contributed by atoms with Gasteiger partial charge in [-0.15, -0.1) is 0 Å². The van der Waals surface area contributed by atoms with E-state index in [4.69, 9.17) is 5.84 Å². The normalized spacial score (nSPS) is 20.7. The van der Waals surface area contributed by atoms with E-state index < -0.39 is 0 Å². The van der Waals surface area contributed by atoms with Crippen molar-refractivity contribution in [1.82, 2.24) is 15.9 Å². The molecule has 1 heterocycles. The minimum absolute atomic E-state index is 0.622. The Bertz CT molecular complexity index is 150. The maximum absolute atomic E-state index is 5.23. The second-order valence-corrected chi connectivity index (χ2v) is 2.88. The monoisotopic (exact) mass is 171 g/mol. The zero-order chi connectivity index (χ0) is 8.81. The molecule has 0 amide bonds. The fourth-order valence-electron chi connectivity index (χ4n) is 1.30. The molecule has 0 atom stereocenters. The van der Waals surface area contributed by atoms with Crippen molar-refractivity contribution in [3.8, 4) is 0 Å². The van der Waals surface area contributed by atoms with Crippen molar-refractivity contribution >= 4 is 5.96 Å². The lowest BCUT2D eigenvalue weighted by molar-refractivity contribution is 0.192. The molecule has 1 fully saturated rings. The molecule has 0 bridgehead atoms. The minimum Gasteiger partial charge on any atom is -0.293 e. The zero-order valence-electron chi connectivity index (χ0n) is 7.51.